The average Bonchev–Trinajstić information content (AvgIpc) is 3.16. The molecule has 1 fully saturated rings. The van der Waals surface area contributed by atoms with Gasteiger partial charge in [0.05, 0.1) is 5.69 Å². The van der Waals surface area contributed by atoms with E-state index in [4.69, 9.17) is 11.6 Å². The van der Waals surface area contributed by atoms with Gasteiger partial charge in [0, 0.05) is 36.3 Å². The number of hydrogen-bond acceptors (Lipinski definition) is 6. The molecule has 160 valence electrons. The standard InChI is InChI=1S/C18H23ClF2N4O2S2/c1-18(2)8-11(9-24(3)4)10-25(18)13-7-12(20)16(15(21)14(13)19)29(26,27)23-17-22-5-6-28-17/h5-7,11H,8-10H2,1-4H3,(H,22,23). The second kappa shape index (κ2) is 7.98. The molecule has 6 nitrogen and oxygen atoms in total. The van der Waals surface area contributed by atoms with Crippen LogP contribution in [0.25, 0.3) is 0 Å². The Hall–Kier alpha value is -1.49. The van der Waals surface area contributed by atoms with Crippen molar-refractivity contribution in [3.8, 4) is 0 Å². The van der Waals surface area contributed by atoms with Crippen molar-refractivity contribution in [3.05, 3.63) is 34.3 Å². The Balaban J connectivity index is 1.99. The van der Waals surface area contributed by atoms with Crippen LogP contribution in [-0.4, -0.2) is 51.0 Å². The zero-order valence-corrected chi connectivity index (χ0v) is 18.9. The van der Waals surface area contributed by atoms with Crippen LogP contribution in [0.3, 0.4) is 0 Å². The molecule has 0 bridgehead atoms. The molecule has 0 aliphatic carbocycles. The Labute approximate surface area is 178 Å². The number of rotatable bonds is 6. The molecule has 11 heteroatoms. The van der Waals surface area contributed by atoms with Crippen LogP contribution >= 0.6 is 22.9 Å². The van der Waals surface area contributed by atoms with Gasteiger partial charge in [0.1, 0.15) is 10.8 Å². The van der Waals surface area contributed by atoms with Crippen molar-refractivity contribution < 1.29 is 17.2 Å². The van der Waals surface area contributed by atoms with Crippen molar-refractivity contribution in [1.29, 1.82) is 0 Å². The summed E-state index contributed by atoms with van der Waals surface area (Å²) in [6.07, 6.45) is 2.20. The van der Waals surface area contributed by atoms with Crippen molar-refractivity contribution in [1.82, 2.24) is 9.88 Å². The first kappa shape index (κ1) is 22.2. The van der Waals surface area contributed by atoms with Crippen molar-refractivity contribution in [2.24, 2.45) is 5.92 Å². The predicted octanol–water partition coefficient (Wildman–Crippen LogP) is 4.04. The van der Waals surface area contributed by atoms with Crippen LogP contribution in [0.5, 0.6) is 0 Å². The van der Waals surface area contributed by atoms with Gasteiger partial charge in [0.15, 0.2) is 15.8 Å². The lowest BCUT2D eigenvalue weighted by Crippen LogP contribution is -2.38. The van der Waals surface area contributed by atoms with Gasteiger partial charge in [-0.15, -0.1) is 11.3 Å². The van der Waals surface area contributed by atoms with E-state index in [0.29, 0.717) is 6.54 Å². The minimum absolute atomic E-state index is 0.0104. The largest absolute Gasteiger partial charge is 0.365 e. The fourth-order valence-corrected chi connectivity index (χ4v) is 6.14. The number of nitrogens with zero attached hydrogens (tertiary/aromatic N) is 3. The maximum absolute atomic E-state index is 15.0. The van der Waals surface area contributed by atoms with Crippen molar-refractivity contribution in [2.75, 3.05) is 36.8 Å². The Bertz CT molecular complexity index is 998. The molecule has 3 rings (SSSR count). The second-order valence-corrected chi connectivity index (χ2v) is 10.9. The van der Waals surface area contributed by atoms with E-state index in [2.05, 4.69) is 14.6 Å². The van der Waals surface area contributed by atoms with Crippen molar-refractivity contribution >= 4 is 43.8 Å². The van der Waals surface area contributed by atoms with E-state index in [1.54, 1.807) is 5.38 Å². The minimum Gasteiger partial charge on any atom is -0.365 e. The smallest absolute Gasteiger partial charge is 0.269 e. The third-order valence-electron chi connectivity index (χ3n) is 4.89. The fraction of sp³-hybridized carbons (Fsp3) is 0.500. The Kier molecular flexibility index (Phi) is 6.11. The molecule has 1 aromatic carbocycles. The van der Waals surface area contributed by atoms with Crippen molar-refractivity contribution in [3.63, 3.8) is 0 Å². The van der Waals surface area contributed by atoms with Gasteiger partial charge in [0.2, 0.25) is 0 Å². The number of aromatic nitrogens is 1. The third kappa shape index (κ3) is 4.50. The van der Waals surface area contributed by atoms with Gasteiger partial charge >= 0.3 is 0 Å². The number of anilines is 2. The summed E-state index contributed by atoms with van der Waals surface area (Å²) in [7, 11) is -0.586. The SMILES string of the molecule is CN(C)CC1CN(c2cc(F)c(S(=O)(=O)Nc3nccs3)c(F)c2Cl)C(C)(C)C1. The molecule has 1 saturated heterocycles. The van der Waals surface area contributed by atoms with Gasteiger partial charge < -0.3 is 9.80 Å². The number of benzene rings is 1. The zero-order valence-electron chi connectivity index (χ0n) is 16.5. The minimum atomic E-state index is -4.52. The molecule has 0 radical (unpaired) electrons. The lowest BCUT2D eigenvalue weighted by Gasteiger charge is -2.34. The molecule has 29 heavy (non-hydrogen) atoms. The lowest BCUT2D eigenvalue weighted by molar-refractivity contribution is 0.328. The summed E-state index contributed by atoms with van der Waals surface area (Å²) < 4.78 is 57.0. The first-order chi connectivity index (χ1) is 13.4. The molecule has 1 aliphatic rings. The van der Waals surface area contributed by atoms with E-state index in [0.717, 1.165) is 30.4 Å². The maximum Gasteiger partial charge on any atom is 0.269 e. The number of hydrogen-bond donors (Lipinski definition) is 1. The van der Waals surface area contributed by atoms with Crippen LogP contribution in [0.1, 0.15) is 20.3 Å². The molecule has 0 spiro atoms. The van der Waals surface area contributed by atoms with Gasteiger partial charge in [-0.25, -0.2) is 22.2 Å². The highest BCUT2D eigenvalue weighted by molar-refractivity contribution is 7.93. The molecule has 1 atom stereocenters. The van der Waals surface area contributed by atoms with Crippen LogP contribution in [-0.2, 0) is 10.0 Å². The molecule has 1 aliphatic heterocycles. The summed E-state index contributed by atoms with van der Waals surface area (Å²) in [4.78, 5) is 6.58. The Morgan fingerprint density at radius 1 is 1.41 bits per heavy atom. The summed E-state index contributed by atoms with van der Waals surface area (Å²) in [6, 6.07) is 1.00. The number of nitrogens with one attached hydrogen (secondary N) is 1. The van der Waals surface area contributed by atoms with E-state index in [-0.39, 0.29) is 22.3 Å². The summed E-state index contributed by atoms with van der Waals surface area (Å²) in [5.41, 5.74) is -0.232. The highest BCUT2D eigenvalue weighted by atomic mass is 35.5. The summed E-state index contributed by atoms with van der Waals surface area (Å²) in [6.45, 7) is 5.34. The topological polar surface area (TPSA) is 65.5 Å². The highest BCUT2D eigenvalue weighted by Gasteiger charge is 2.41. The summed E-state index contributed by atoms with van der Waals surface area (Å²) in [5.74, 6) is -2.22. The first-order valence-corrected chi connectivity index (χ1v) is 11.7. The van der Waals surface area contributed by atoms with Crippen LogP contribution in [0.2, 0.25) is 5.02 Å². The first-order valence-electron chi connectivity index (χ1n) is 8.94. The van der Waals surface area contributed by atoms with Crippen molar-refractivity contribution in [2.45, 2.75) is 30.7 Å². The number of halogens is 3. The monoisotopic (exact) mass is 464 g/mol. The fourth-order valence-electron chi connectivity index (χ4n) is 3.90. The van der Waals surface area contributed by atoms with Crippen LogP contribution in [0, 0.1) is 17.6 Å². The van der Waals surface area contributed by atoms with E-state index < -0.39 is 31.6 Å². The molecular weight excluding hydrogens is 442 g/mol. The summed E-state index contributed by atoms with van der Waals surface area (Å²) in [5, 5.41) is 1.14. The average molecular weight is 465 g/mol. The maximum atomic E-state index is 15.0. The third-order valence-corrected chi connectivity index (χ3v) is 7.44. The van der Waals surface area contributed by atoms with Crippen LogP contribution < -0.4 is 9.62 Å². The molecule has 0 amide bonds. The van der Waals surface area contributed by atoms with E-state index in [9.17, 15) is 12.8 Å². The molecule has 0 saturated carbocycles. The zero-order chi connectivity index (χ0) is 21.6. The number of sulfonamides is 1. The molecule has 2 aromatic rings. The van der Waals surface area contributed by atoms with E-state index in [1.165, 1.54) is 6.20 Å². The number of thiazole rings is 1. The highest BCUT2D eigenvalue weighted by Crippen LogP contribution is 2.43. The summed E-state index contributed by atoms with van der Waals surface area (Å²) >= 11 is 7.22. The van der Waals surface area contributed by atoms with Gasteiger partial charge in [-0.3, -0.25) is 4.72 Å². The second-order valence-electron chi connectivity index (χ2n) is 8.03. The Morgan fingerprint density at radius 3 is 2.69 bits per heavy atom. The quantitative estimate of drug-likeness (QED) is 0.653. The van der Waals surface area contributed by atoms with Gasteiger partial charge in [0.25, 0.3) is 10.0 Å². The molecule has 1 aromatic heterocycles. The molecule has 2 heterocycles. The Morgan fingerprint density at radius 2 is 2.10 bits per heavy atom. The van der Waals surface area contributed by atoms with Gasteiger partial charge in [-0.1, -0.05) is 11.6 Å². The molecule has 1 N–H and O–H groups in total. The van der Waals surface area contributed by atoms with E-state index >= 15 is 4.39 Å². The van der Waals surface area contributed by atoms with Gasteiger partial charge in [-0.2, -0.15) is 0 Å². The van der Waals surface area contributed by atoms with Crippen LogP contribution in [0.15, 0.2) is 22.5 Å². The predicted molar refractivity (Wildman–Crippen MR) is 112 cm³/mol. The van der Waals surface area contributed by atoms with Crippen LogP contribution in [0.4, 0.5) is 19.6 Å². The molecular formula is C18H23ClF2N4O2S2. The van der Waals surface area contributed by atoms with Gasteiger partial charge in [-0.05, 0) is 40.3 Å². The molecule has 1 unspecified atom stereocenters. The lowest BCUT2D eigenvalue weighted by atomic mass is 9.96. The normalized spacial score (nSPS) is 19.2. The van der Waals surface area contributed by atoms with E-state index in [1.807, 2.05) is 32.8 Å².